The molecule has 4 nitrogen and oxygen atoms in total. The van der Waals surface area contributed by atoms with Crippen LogP contribution in [0.15, 0.2) is 12.3 Å². The summed E-state index contributed by atoms with van der Waals surface area (Å²) in [6.07, 6.45) is 2.31. The number of anilines is 1. The van der Waals surface area contributed by atoms with Gasteiger partial charge in [0, 0.05) is 23.9 Å². The summed E-state index contributed by atoms with van der Waals surface area (Å²) in [5, 5.41) is 4.30. The Morgan fingerprint density at radius 2 is 2.19 bits per heavy atom. The Morgan fingerprint density at radius 1 is 1.50 bits per heavy atom. The van der Waals surface area contributed by atoms with Gasteiger partial charge in [-0.3, -0.25) is 9.69 Å². The zero-order chi connectivity index (χ0) is 11.9. The first kappa shape index (κ1) is 11.6. The van der Waals surface area contributed by atoms with Crippen LogP contribution in [0.2, 0.25) is 0 Å². The molecule has 1 aliphatic rings. The molecule has 1 aliphatic heterocycles. The van der Waals surface area contributed by atoms with E-state index in [2.05, 4.69) is 41.8 Å². The molecule has 2 rings (SSSR count). The van der Waals surface area contributed by atoms with Crippen LogP contribution in [0.5, 0.6) is 0 Å². The molecule has 1 amide bonds. The van der Waals surface area contributed by atoms with Gasteiger partial charge in [-0.2, -0.15) is 5.10 Å². The SMILES string of the molecule is CC(C)(C)n1nccc1N1CC(Br)CC1=O. The van der Waals surface area contributed by atoms with Gasteiger partial charge in [0.25, 0.3) is 0 Å². The predicted molar refractivity (Wildman–Crippen MR) is 66.9 cm³/mol. The molecule has 1 atom stereocenters. The molecule has 1 fully saturated rings. The van der Waals surface area contributed by atoms with Gasteiger partial charge in [0.15, 0.2) is 0 Å². The van der Waals surface area contributed by atoms with Crippen molar-refractivity contribution in [3.63, 3.8) is 0 Å². The lowest BCUT2D eigenvalue weighted by Gasteiger charge is -2.26. The third-order valence-electron chi connectivity index (χ3n) is 2.61. The van der Waals surface area contributed by atoms with E-state index in [9.17, 15) is 4.79 Å². The molecule has 0 saturated carbocycles. The van der Waals surface area contributed by atoms with E-state index in [-0.39, 0.29) is 16.3 Å². The van der Waals surface area contributed by atoms with Crippen molar-refractivity contribution in [1.29, 1.82) is 0 Å². The minimum Gasteiger partial charge on any atom is -0.296 e. The van der Waals surface area contributed by atoms with E-state index in [1.165, 1.54) is 0 Å². The van der Waals surface area contributed by atoms with Crippen molar-refractivity contribution in [2.45, 2.75) is 37.6 Å². The van der Waals surface area contributed by atoms with Gasteiger partial charge in [-0.05, 0) is 20.8 Å². The number of alkyl halides is 1. The van der Waals surface area contributed by atoms with Gasteiger partial charge in [0.1, 0.15) is 5.82 Å². The van der Waals surface area contributed by atoms with E-state index in [0.29, 0.717) is 6.42 Å². The summed E-state index contributed by atoms with van der Waals surface area (Å²) in [7, 11) is 0. The smallest absolute Gasteiger partial charge is 0.229 e. The number of carbonyl (C=O) groups is 1. The van der Waals surface area contributed by atoms with Crippen LogP contribution in [-0.4, -0.2) is 27.1 Å². The van der Waals surface area contributed by atoms with Crippen molar-refractivity contribution >= 4 is 27.7 Å². The van der Waals surface area contributed by atoms with Gasteiger partial charge in [0.2, 0.25) is 5.91 Å². The number of hydrogen-bond acceptors (Lipinski definition) is 2. The number of rotatable bonds is 1. The summed E-state index contributed by atoms with van der Waals surface area (Å²) in [5.74, 6) is 1.05. The van der Waals surface area contributed by atoms with E-state index in [1.54, 1.807) is 11.1 Å². The van der Waals surface area contributed by atoms with Crippen LogP contribution in [0.25, 0.3) is 0 Å². The summed E-state index contributed by atoms with van der Waals surface area (Å²) in [4.78, 5) is 13.9. The average Bonchev–Trinajstić information content (AvgIpc) is 2.69. The fourth-order valence-corrected chi connectivity index (χ4v) is 2.47. The molecule has 1 saturated heterocycles. The van der Waals surface area contributed by atoms with Gasteiger partial charge in [-0.15, -0.1) is 0 Å². The minimum atomic E-state index is -0.108. The lowest BCUT2D eigenvalue weighted by atomic mass is 10.1. The molecule has 0 spiro atoms. The molecule has 1 aromatic heterocycles. The van der Waals surface area contributed by atoms with E-state index in [0.717, 1.165) is 12.4 Å². The van der Waals surface area contributed by atoms with Gasteiger partial charge < -0.3 is 0 Å². The summed E-state index contributed by atoms with van der Waals surface area (Å²) >= 11 is 3.49. The van der Waals surface area contributed by atoms with Crippen LogP contribution in [0.4, 0.5) is 5.82 Å². The van der Waals surface area contributed by atoms with Crippen LogP contribution < -0.4 is 4.90 Å². The largest absolute Gasteiger partial charge is 0.296 e. The quantitative estimate of drug-likeness (QED) is 0.742. The molecular weight excluding hydrogens is 270 g/mol. The lowest BCUT2D eigenvalue weighted by molar-refractivity contribution is -0.117. The molecule has 88 valence electrons. The van der Waals surface area contributed by atoms with Crippen LogP contribution in [-0.2, 0) is 10.3 Å². The fraction of sp³-hybridized carbons (Fsp3) is 0.636. The van der Waals surface area contributed by atoms with Crippen molar-refractivity contribution in [2.24, 2.45) is 0 Å². The Hall–Kier alpha value is -0.840. The van der Waals surface area contributed by atoms with Gasteiger partial charge in [-0.25, -0.2) is 4.68 Å². The standard InChI is InChI=1S/C11H16BrN3O/c1-11(2,3)15-9(4-5-13-15)14-7-8(12)6-10(14)16/h4-5,8H,6-7H2,1-3H3. The molecule has 0 aromatic carbocycles. The van der Waals surface area contributed by atoms with Crippen molar-refractivity contribution < 1.29 is 4.79 Å². The number of amides is 1. The highest BCUT2D eigenvalue weighted by Crippen LogP contribution is 2.28. The maximum absolute atomic E-state index is 11.8. The Bertz CT molecular complexity index is 408. The van der Waals surface area contributed by atoms with Crippen molar-refractivity contribution in [3.8, 4) is 0 Å². The lowest BCUT2D eigenvalue weighted by Crippen LogP contribution is -2.32. The monoisotopic (exact) mass is 285 g/mol. The molecule has 5 heteroatoms. The normalized spacial score (nSPS) is 21.9. The van der Waals surface area contributed by atoms with E-state index >= 15 is 0 Å². The number of aromatic nitrogens is 2. The summed E-state index contributed by atoms with van der Waals surface area (Å²) in [6, 6.07) is 1.90. The van der Waals surface area contributed by atoms with Crippen molar-refractivity contribution in [3.05, 3.63) is 12.3 Å². The van der Waals surface area contributed by atoms with E-state index in [1.807, 2.05) is 10.7 Å². The van der Waals surface area contributed by atoms with Gasteiger partial charge in [-0.1, -0.05) is 15.9 Å². The number of carbonyl (C=O) groups excluding carboxylic acids is 1. The molecular formula is C11H16BrN3O. The van der Waals surface area contributed by atoms with Crippen LogP contribution in [0.1, 0.15) is 27.2 Å². The van der Waals surface area contributed by atoms with Crippen molar-refractivity contribution in [1.82, 2.24) is 9.78 Å². The molecule has 16 heavy (non-hydrogen) atoms. The fourth-order valence-electron chi connectivity index (χ4n) is 1.90. The maximum Gasteiger partial charge on any atom is 0.229 e. The zero-order valence-electron chi connectivity index (χ0n) is 9.77. The minimum absolute atomic E-state index is 0.108. The van der Waals surface area contributed by atoms with Gasteiger partial charge in [0.05, 0.1) is 11.7 Å². The molecule has 0 aliphatic carbocycles. The third-order valence-corrected chi connectivity index (χ3v) is 3.23. The molecule has 0 N–H and O–H groups in total. The highest BCUT2D eigenvalue weighted by molar-refractivity contribution is 9.09. The maximum atomic E-state index is 11.8. The Kier molecular flexibility index (Phi) is 2.82. The second-order valence-electron chi connectivity index (χ2n) is 5.08. The molecule has 1 unspecified atom stereocenters. The molecule has 0 bridgehead atoms. The highest BCUT2D eigenvalue weighted by Gasteiger charge is 2.32. The second kappa shape index (κ2) is 3.87. The molecule has 0 radical (unpaired) electrons. The first-order valence-corrected chi connectivity index (χ1v) is 6.30. The number of halogens is 1. The number of nitrogens with zero attached hydrogens (tertiary/aromatic N) is 3. The van der Waals surface area contributed by atoms with E-state index < -0.39 is 0 Å². The summed E-state index contributed by atoms with van der Waals surface area (Å²) in [6.45, 7) is 6.96. The summed E-state index contributed by atoms with van der Waals surface area (Å²) < 4.78 is 1.90. The predicted octanol–water partition coefficient (Wildman–Crippen LogP) is 2.14. The van der Waals surface area contributed by atoms with Gasteiger partial charge >= 0.3 is 0 Å². The zero-order valence-corrected chi connectivity index (χ0v) is 11.4. The number of hydrogen-bond donors (Lipinski definition) is 0. The second-order valence-corrected chi connectivity index (χ2v) is 6.37. The molecule has 1 aromatic rings. The molecule has 2 heterocycles. The Labute approximate surface area is 104 Å². The Balaban J connectivity index is 2.35. The van der Waals surface area contributed by atoms with E-state index in [4.69, 9.17) is 0 Å². The first-order chi connectivity index (χ1) is 7.39. The average molecular weight is 286 g/mol. The highest BCUT2D eigenvalue weighted by atomic mass is 79.9. The Morgan fingerprint density at radius 3 is 2.69 bits per heavy atom. The van der Waals surface area contributed by atoms with Crippen LogP contribution in [0.3, 0.4) is 0 Å². The van der Waals surface area contributed by atoms with Crippen molar-refractivity contribution in [2.75, 3.05) is 11.4 Å². The van der Waals surface area contributed by atoms with Crippen LogP contribution >= 0.6 is 15.9 Å². The third kappa shape index (κ3) is 2.00. The first-order valence-electron chi connectivity index (χ1n) is 5.38. The topological polar surface area (TPSA) is 38.1 Å². The summed E-state index contributed by atoms with van der Waals surface area (Å²) in [5.41, 5.74) is -0.108. The van der Waals surface area contributed by atoms with Crippen LogP contribution in [0, 0.1) is 0 Å².